The minimum atomic E-state index is -4.31. The van der Waals surface area contributed by atoms with Crippen molar-refractivity contribution in [3.63, 3.8) is 0 Å². The number of hydrogen-bond donors (Lipinski definition) is 1. The van der Waals surface area contributed by atoms with Gasteiger partial charge in [-0.2, -0.15) is 0 Å². The Morgan fingerprint density at radius 1 is 0.854 bits per heavy atom. The molecule has 4 aromatic carbocycles. The topological polar surface area (TPSA) is 96.0 Å². The van der Waals surface area contributed by atoms with E-state index in [1.807, 2.05) is 42.5 Å². The van der Waals surface area contributed by atoms with Crippen molar-refractivity contribution in [1.29, 1.82) is 0 Å². The fourth-order valence-corrected chi connectivity index (χ4v) is 7.88. The predicted octanol–water partition coefficient (Wildman–Crippen LogP) is 7.29. The highest BCUT2D eigenvalue weighted by molar-refractivity contribution is 7.92. The second-order valence-corrected chi connectivity index (χ2v) is 14.5. The molecule has 0 heterocycles. The summed E-state index contributed by atoms with van der Waals surface area (Å²) < 4.78 is 34.8. The molecule has 1 saturated carbocycles. The molecule has 0 spiro atoms. The van der Waals surface area contributed by atoms with Crippen molar-refractivity contribution in [1.82, 2.24) is 10.2 Å². The van der Waals surface area contributed by atoms with Crippen LogP contribution < -0.4 is 14.4 Å². The average Bonchev–Trinajstić information content (AvgIpc) is 3.11. The first-order valence-electron chi connectivity index (χ1n) is 16.0. The standard InChI is InChI=1S/C37H39Cl2N3O5S/c1-47-30-18-11-15-28(23-30)25-41(34(24-27-13-5-2-6-14-27)37(44)40-29-16-7-3-8-17-29)35(43)26-42(33-22-12-21-32(38)36(33)39)48(45,46)31-19-9-4-10-20-31/h2,4-6,9-15,18-23,29,34H,3,7-8,16-17,24-26H2,1H3,(H,40,44)/t34-/m1/s1. The lowest BCUT2D eigenvalue weighted by Crippen LogP contribution is -2.55. The van der Waals surface area contributed by atoms with Gasteiger partial charge in [0.25, 0.3) is 10.0 Å². The number of benzene rings is 4. The molecule has 0 aromatic heterocycles. The molecule has 8 nitrogen and oxygen atoms in total. The van der Waals surface area contributed by atoms with Gasteiger partial charge in [-0.1, -0.05) is 109 Å². The molecule has 0 radical (unpaired) electrons. The average molecular weight is 709 g/mol. The van der Waals surface area contributed by atoms with Crippen LogP contribution in [-0.4, -0.2) is 50.9 Å². The van der Waals surface area contributed by atoms with E-state index in [1.165, 1.54) is 23.1 Å². The van der Waals surface area contributed by atoms with Crippen LogP contribution >= 0.6 is 23.2 Å². The molecule has 1 aliphatic carbocycles. The van der Waals surface area contributed by atoms with Crippen molar-refractivity contribution >= 4 is 50.7 Å². The lowest BCUT2D eigenvalue weighted by Gasteiger charge is -2.35. The summed E-state index contributed by atoms with van der Waals surface area (Å²) in [5.74, 6) is -0.293. The molecule has 5 rings (SSSR count). The minimum Gasteiger partial charge on any atom is -0.497 e. The number of halogens is 2. The Hall–Kier alpha value is -4.05. The van der Waals surface area contributed by atoms with Crippen LogP contribution in [0.25, 0.3) is 0 Å². The third kappa shape index (κ3) is 8.69. The van der Waals surface area contributed by atoms with Crippen LogP contribution in [0.3, 0.4) is 0 Å². The lowest BCUT2D eigenvalue weighted by molar-refractivity contribution is -0.140. The van der Waals surface area contributed by atoms with Crippen LogP contribution in [0.5, 0.6) is 5.75 Å². The number of sulfonamides is 1. The smallest absolute Gasteiger partial charge is 0.264 e. The van der Waals surface area contributed by atoms with Gasteiger partial charge in [-0.05, 0) is 60.4 Å². The molecule has 252 valence electrons. The van der Waals surface area contributed by atoms with Gasteiger partial charge in [0.1, 0.15) is 18.3 Å². The molecule has 1 atom stereocenters. The number of hydrogen-bond acceptors (Lipinski definition) is 5. The molecule has 48 heavy (non-hydrogen) atoms. The van der Waals surface area contributed by atoms with Crippen LogP contribution in [0.1, 0.15) is 43.2 Å². The van der Waals surface area contributed by atoms with Crippen LogP contribution in [-0.2, 0) is 32.6 Å². The number of carbonyl (C=O) groups is 2. The van der Waals surface area contributed by atoms with Crippen molar-refractivity contribution in [3.05, 3.63) is 124 Å². The zero-order chi connectivity index (χ0) is 34.1. The number of anilines is 1. The van der Waals surface area contributed by atoms with Crippen molar-refractivity contribution < 1.29 is 22.7 Å². The SMILES string of the molecule is COc1cccc(CN(C(=O)CN(c2cccc(Cl)c2Cl)S(=O)(=O)c2ccccc2)[C@H](Cc2ccccc2)C(=O)NC2CCCCC2)c1. The summed E-state index contributed by atoms with van der Waals surface area (Å²) >= 11 is 12.9. The minimum absolute atomic E-state index is 0.00137. The van der Waals surface area contributed by atoms with E-state index in [2.05, 4.69) is 5.32 Å². The summed E-state index contributed by atoms with van der Waals surface area (Å²) in [6.07, 6.45) is 5.12. The predicted molar refractivity (Wildman–Crippen MR) is 190 cm³/mol. The van der Waals surface area contributed by atoms with Gasteiger partial charge >= 0.3 is 0 Å². The molecule has 4 aromatic rings. The molecule has 2 amide bonds. The Labute approximate surface area is 292 Å². The molecule has 0 saturated heterocycles. The molecule has 1 fully saturated rings. The number of ether oxygens (including phenoxy) is 1. The van der Waals surface area contributed by atoms with E-state index >= 15 is 0 Å². The molecule has 0 unspecified atom stereocenters. The highest BCUT2D eigenvalue weighted by Crippen LogP contribution is 2.35. The molecular formula is C37H39Cl2N3O5S. The molecule has 0 bridgehead atoms. The van der Waals surface area contributed by atoms with Crippen LogP contribution in [0.4, 0.5) is 5.69 Å². The monoisotopic (exact) mass is 707 g/mol. The maximum absolute atomic E-state index is 14.7. The maximum Gasteiger partial charge on any atom is 0.264 e. The lowest BCUT2D eigenvalue weighted by atomic mass is 9.94. The zero-order valence-corrected chi connectivity index (χ0v) is 29.1. The summed E-state index contributed by atoms with van der Waals surface area (Å²) in [4.78, 5) is 30.4. The molecule has 11 heteroatoms. The van der Waals surface area contributed by atoms with Gasteiger partial charge in [-0.15, -0.1) is 0 Å². The second kappa shape index (κ2) is 16.4. The number of amides is 2. The summed E-state index contributed by atoms with van der Waals surface area (Å²) in [5.41, 5.74) is 1.62. The van der Waals surface area contributed by atoms with E-state index in [4.69, 9.17) is 27.9 Å². The fourth-order valence-electron chi connectivity index (χ4n) is 5.98. The van der Waals surface area contributed by atoms with Gasteiger partial charge in [0.2, 0.25) is 11.8 Å². The van der Waals surface area contributed by atoms with Gasteiger partial charge in [0.05, 0.1) is 27.7 Å². The summed E-state index contributed by atoms with van der Waals surface area (Å²) in [6.45, 7) is -0.614. The molecule has 1 aliphatic rings. The number of methoxy groups -OCH3 is 1. The third-order valence-corrected chi connectivity index (χ3v) is 11.1. The van der Waals surface area contributed by atoms with Gasteiger partial charge in [0.15, 0.2) is 0 Å². The number of nitrogens with zero attached hydrogens (tertiary/aromatic N) is 2. The summed E-state index contributed by atoms with van der Waals surface area (Å²) in [6, 6.07) is 28.2. The molecular weight excluding hydrogens is 669 g/mol. The summed E-state index contributed by atoms with van der Waals surface area (Å²) in [7, 11) is -2.76. The Kier molecular flexibility index (Phi) is 12.0. The van der Waals surface area contributed by atoms with E-state index in [0.29, 0.717) is 11.3 Å². The second-order valence-electron chi connectivity index (χ2n) is 11.8. The van der Waals surface area contributed by atoms with Gasteiger partial charge < -0.3 is 15.0 Å². The van der Waals surface area contributed by atoms with E-state index in [-0.39, 0.29) is 45.5 Å². The van der Waals surface area contributed by atoms with Gasteiger partial charge in [0, 0.05) is 19.0 Å². The van der Waals surface area contributed by atoms with E-state index < -0.39 is 28.5 Å². The first-order valence-corrected chi connectivity index (χ1v) is 18.2. The van der Waals surface area contributed by atoms with Crippen molar-refractivity contribution in [3.8, 4) is 5.75 Å². The quantitative estimate of drug-likeness (QED) is 0.158. The molecule has 0 aliphatic heterocycles. The van der Waals surface area contributed by atoms with Gasteiger partial charge in [-0.25, -0.2) is 8.42 Å². The Morgan fingerprint density at radius 3 is 2.19 bits per heavy atom. The van der Waals surface area contributed by atoms with Crippen LogP contribution in [0.2, 0.25) is 10.0 Å². The zero-order valence-electron chi connectivity index (χ0n) is 26.7. The number of carbonyl (C=O) groups excluding carboxylic acids is 2. The first-order chi connectivity index (χ1) is 23.2. The Bertz CT molecular complexity index is 1800. The number of nitrogens with one attached hydrogen (secondary N) is 1. The van der Waals surface area contributed by atoms with Gasteiger partial charge in [-0.3, -0.25) is 13.9 Å². The van der Waals surface area contributed by atoms with Crippen molar-refractivity contribution in [2.75, 3.05) is 18.0 Å². The van der Waals surface area contributed by atoms with E-state index in [1.54, 1.807) is 49.6 Å². The molecule has 1 N–H and O–H groups in total. The first kappa shape index (κ1) is 35.3. The maximum atomic E-state index is 14.7. The van der Waals surface area contributed by atoms with Crippen molar-refractivity contribution in [2.24, 2.45) is 0 Å². The Morgan fingerprint density at radius 2 is 1.50 bits per heavy atom. The van der Waals surface area contributed by atoms with Crippen molar-refractivity contribution in [2.45, 2.75) is 62.0 Å². The normalized spacial score (nSPS) is 14.1. The van der Waals surface area contributed by atoms with E-state index in [0.717, 1.165) is 42.0 Å². The Balaban J connectivity index is 1.59. The third-order valence-electron chi connectivity index (χ3n) is 8.52. The van der Waals surface area contributed by atoms with Crippen LogP contribution in [0.15, 0.2) is 108 Å². The highest BCUT2D eigenvalue weighted by atomic mass is 35.5. The summed E-state index contributed by atoms with van der Waals surface area (Å²) in [5, 5.41) is 3.34. The highest BCUT2D eigenvalue weighted by Gasteiger charge is 2.36. The fraction of sp³-hybridized carbons (Fsp3) is 0.297. The number of rotatable bonds is 13. The van der Waals surface area contributed by atoms with E-state index in [9.17, 15) is 18.0 Å². The van der Waals surface area contributed by atoms with Crippen LogP contribution in [0, 0.1) is 0 Å². The largest absolute Gasteiger partial charge is 0.497 e.